The molecule has 1 amide bonds. The van der Waals surface area contributed by atoms with Crippen molar-refractivity contribution in [3.8, 4) is 0 Å². The van der Waals surface area contributed by atoms with Gasteiger partial charge in [0, 0.05) is 6.54 Å². The van der Waals surface area contributed by atoms with E-state index in [1.165, 1.54) is 24.8 Å². The maximum absolute atomic E-state index is 11.0. The van der Waals surface area contributed by atoms with Gasteiger partial charge in [-0.3, -0.25) is 4.79 Å². The summed E-state index contributed by atoms with van der Waals surface area (Å²) in [5.74, 6) is 0.677. The Morgan fingerprint density at radius 1 is 1.31 bits per heavy atom. The molecule has 2 nitrogen and oxygen atoms in total. The number of alkyl halides is 1. The average molecular weight is 238 g/mol. The predicted molar refractivity (Wildman–Crippen MR) is 65.6 cm³/mol. The maximum Gasteiger partial charge on any atom is 0.235 e. The van der Waals surface area contributed by atoms with Gasteiger partial charge in [0.15, 0.2) is 0 Å². The summed E-state index contributed by atoms with van der Waals surface area (Å²) < 4.78 is 0. The number of carbonyl (C=O) groups is 1. The van der Waals surface area contributed by atoms with Gasteiger partial charge < -0.3 is 5.32 Å². The number of carbonyl (C=O) groups excluding carboxylic acids is 1. The van der Waals surface area contributed by atoms with Crippen LogP contribution in [0.15, 0.2) is 24.3 Å². The highest BCUT2D eigenvalue weighted by Gasteiger charge is 2.18. The van der Waals surface area contributed by atoms with Gasteiger partial charge in [0.25, 0.3) is 0 Å². The molecule has 16 heavy (non-hydrogen) atoms. The Labute approximate surface area is 101 Å². The summed E-state index contributed by atoms with van der Waals surface area (Å²) in [5, 5.41) is 2.75. The van der Waals surface area contributed by atoms with Gasteiger partial charge in [-0.2, -0.15) is 0 Å². The number of hydrogen-bond donors (Lipinski definition) is 1. The second-order valence-electron chi connectivity index (χ2n) is 4.28. The molecule has 0 saturated heterocycles. The van der Waals surface area contributed by atoms with E-state index in [0.29, 0.717) is 6.54 Å². The molecule has 0 atom stereocenters. The van der Waals surface area contributed by atoms with Crippen LogP contribution in [0.3, 0.4) is 0 Å². The molecule has 1 saturated carbocycles. The van der Waals surface area contributed by atoms with E-state index < -0.39 is 0 Å². The van der Waals surface area contributed by atoms with E-state index in [1.807, 2.05) is 0 Å². The molecule has 0 aliphatic heterocycles. The van der Waals surface area contributed by atoms with Crippen LogP contribution in [0, 0.1) is 0 Å². The average Bonchev–Trinajstić information content (AvgIpc) is 2.25. The van der Waals surface area contributed by atoms with E-state index >= 15 is 0 Å². The van der Waals surface area contributed by atoms with E-state index in [0.717, 1.165) is 11.5 Å². The third kappa shape index (κ3) is 2.76. The summed E-state index contributed by atoms with van der Waals surface area (Å²) >= 11 is 5.40. The van der Waals surface area contributed by atoms with Crippen LogP contribution in [-0.2, 0) is 11.3 Å². The van der Waals surface area contributed by atoms with Gasteiger partial charge in [-0.05, 0) is 29.9 Å². The van der Waals surface area contributed by atoms with Crippen molar-refractivity contribution < 1.29 is 4.79 Å². The highest BCUT2D eigenvalue weighted by molar-refractivity contribution is 6.27. The van der Waals surface area contributed by atoms with Crippen LogP contribution in [-0.4, -0.2) is 11.8 Å². The van der Waals surface area contributed by atoms with Crippen LogP contribution in [0.5, 0.6) is 0 Å². The summed E-state index contributed by atoms with van der Waals surface area (Å²) in [4.78, 5) is 11.0. The van der Waals surface area contributed by atoms with Crippen molar-refractivity contribution >= 4 is 17.5 Å². The Bertz CT molecular complexity index is 357. The van der Waals surface area contributed by atoms with Crippen molar-refractivity contribution in [3.05, 3.63) is 35.4 Å². The largest absolute Gasteiger partial charge is 0.351 e. The van der Waals surface area contributed by atoms with Crippen molar-refractivity contribution in [1.82, 2.24) is 5.32 Å². The monoisotopic (exact) mass is 237 g/mol. The van der Waals surface area contributed by atoms with Crippen LogP contribution < -0.4 is 5.32 Å². The summed E-state index contributed by atoms with van der Waals surface area (Å²) in [7, 11) is 0. The van der Waals surface area contributed by atoms with Crippen molar-refractivity contribution in [3.63, 3.8) is 0 Å². The van der Waals surface area contributed by atoms with Crippen molar-refractivity contribution in [2.45, 2.75) is 31.7 Å². The fraction of sp³-hybridized carbons (Fsp3) is 0.462. The molecular formula is C13H16ClNO. The van der Waals surface area contributed by atoms with Crippen molar-refractivity contribution in [2.24, 2.45) is 0 Å². The lowest BCUT2D eigenvalue weighted by atomic mass is 9.80. The molecule has 0 aromatic heterocycles. The normalized spacial score (nSPS) is 15.6. The Balaban J connectivity index is 1.88. The van der Waals surface area contributed by atoms with Gasteiger partial charge in [0.2, 0.25) is 5.91 Å². The summed E-state index contributed by atoms with van der Waals surface area (Å²) in [5.41, 5.74) is 2.56. The predicted octanol–water partition coefficient (Wildman–Crippen LogP) is 2.81. The number of halogens is 1. The summed E-state index contributed by atoms with van der Waals surface area (Å²) in [6.45, 7) is 0.566. The number of benzene rings is 1. The standard InChI is InChI=1S/C13H16ClNO/c14-8-13(16)15-9-10-4-6-12(7-5-10)11-2-1-3-11/h4-7,11H,1-3,8-9H2,(H,15,16). The second-order valence-corrected chi connectivity index (χ2v) is 4.55. The van der Waals surface area contributed by atoms with Crippen LogP contribution >= 0.6 is 11.6 Å². The smallest absolute Gasteiger partial charge is 0.235 e. The molecular weight excluding hydrogens is 222 g/mol. The quantitative estimate of drug-likeness (QED) is 0.802. The Morgan fingerprint density at radius 3 is 2.50 bits per heavy atom. The molecule has 2 rings (SSSR count). The van der Waals surface area contributed by atoms with E-state index in [1.54, 1.807) is 0 Å². The van der Waals surface area contributed by atoms with Gasteiger partial charge in [-0.1, -0.05) is 30.7 Å². The first kappa shape index (κ1) is 11.5. The van der Waals surface area contributed by atoms with Gasteiger partial charge in [-0.15, -0.1) is 11.6 Å². The maximum atomic E-state index is 11.0. The first-order valence-corrected chi connectivity index (χ1v) is 6.24. The summed E-state index contributed by atoms with van der Waals surface area (Å²) in [6, 6.07) is 8.52. The lowest BCUT2D eigenvalue weighted by Crippen LogP contribution is -2.23. The Morgan fingerprint density at radius 2 is 2.00 bits per heavy atom. The first-order valence-electron chi connectivity index (χ1n) is 5.71. The molecule has 1 aliphatic carbocycles. The molecule has 0 heterocycles. The molecule has 0 unspecified atom stereocenters. The molecule has 1 aromatic carbocycles. The lowest BCUT2D eigenvalue weighted by molar-refractivity contribution is -0.118. The van der Waals surface area contributed by atoms with Gasteiger partial charge in [0.05, 0.1) is 0 Å². The fourth-order valence-corrected chi connectivity index (χ4v) is 1.99. The van der Waals surface area contributed by atoms with Gasteiger partial charge in [-0.25, -0.2) is 0 Å². The molecule has 1 aromatic rings. The molecule has 1 N–H and O–H groups in total. The Kier molecular flexibility index (Phi) is 3.83. The molecule has 3 heteroatoms. The molecule has 0 spiro atoms. The topological polar surface area (TPSA) is 29.1 Å². The summed E-state index contributed by atoms with van der Waals surface area (Å²) in [6.07, 6.45) is 4.00. The molecule has 0 bridgehead atoms. The highest BCUT2D eigenvalue weighted by Crippen LogP contribution is 2.36. The second kappa shape index (κ2) is 5.35. The van der Waals surface area contributed by atoms with Crippen LogP contribution in [0.2, 0.25) is 0 Å². The third-order valence-electron chi connectivity index (χ3n) is 3.17. The molecule has 86 valence electrons. The number of amides is 1. The zero-order valence-electron chi connectivity index (χ0n) is 9.21. The minimum atomic E-state index is -0.121. The van der Waals surface area contributed by atoms with E-state index in [-0.39, 0.29) is 11.8 Å². The van der Waals surface area contributed by atoms with E-state index in [2.05, 4.69) is 29.6 Å². The minimum Gasteiger partial charge on any atom is -0.351 e. The van der Waals surface area contributed by atoms with Crippen LogP contribution in [0.1, 0.15) is 36.3 Å². The first-order chi connectivity index (χ1) is 7.79. The lowest BCUT2D eigenvalue weighted by Gasteiger charge is -2.25. The Hall–Kier alpha value is -1.02. The number of nitrogens with one attached hydrogen (secondary N) is 1. The van der Waals surface area contributed by atoms with E-state index in [4.69, 9.17) is 11.6 Å². The zero-order chi connectivity index (χ0) is 11.4. The highest BCUT2D eigenvalue weighted by atomic mass is 35.5. The van der Waals surface area contributed by atoms with Gasteiger partial charge >= 0.3 is 0 Å². The zero-order valence-corrected chi connectivity index (χ0v) is 9.96. The SMILES string of the molecule is O=C(CCl)NCc1ccc(C2CCC2)cc1. The molecule has 1 aliphatic rings. The fourth-order valence-electron chi connectivity index (χ4n) is 1.90. The number of hydrogen-bond acceptors (Lipinski definition) is 1. The van der Waals surface area contributed by atoms with Crippen molar-refractivity contribution in [1.29, 1.82) is 0 Å². The molecule has 0 radical (unpaired) electrons. The number of rotatable bonds is 4. The van der Waals surface area contributed by atoms with E-state index in [9.17, 15) is 4.79 Å². The van der Waals surface area contributed by atoms with Crippen LogP contribution in [0.25, 0.3) is 0 Å². The van der Waals surface area contributed by atoms with Crippen LogP contribution in [0.4, 0.5) is 0 Å². The molecule has 1 fully saturated rings. The van der Waals surface area contributed by atoms with Crippen molar-refractivity contribution in [2.75, 3.05) is 5.88 Å². The van der Waals surface area contributed by atoms with Gasteiger partial charge in [0.1, 0.15) is 5.88 Å². The minimum absolute atomic E-state index is 0.0279. The third-order valence-corrected chi connectivity index (χ3v) is 3.41.